The van der Waals surface area contributed by atoms with Crippen LogP contribution < -0.4 is 4.90 Å². The van der Waals surface area contributed by atoms with E-state index in [2.05, 4.69) is 17.0 Å². The van der Waals surface area contributed by atoms with Crippen molar-refractivity contribution in [2.75, 3.05) is 38.2 Å². The highest BCUT2D eigenvalue weighted by Gasteiger charge is 2.28. The molecule has 0 unspecified atom stereocenters. The van der Waals surface area contributed by atoms with Gasteiger partial charge in [-0.05, 0) is 17.7 Å². The SMILES string of the molecule is CO[C@@H](C(=O)N1CCN(c2ccccc2)CC1)c1ccccc1. The number of methoxy groups -OCH3 is 1. The van der Waals surface area contributed by atoms with Crippen LogP contribution in [0.5, 0.6) is 0 Å². The third kappa shape index (κ3) is 3.54. The van der Waals surface area contributed by atoms with Crippen molar-refractivity contribution < 1.29 is 9.53 Å². The lowest BCUT2D eigenvalue weighted by Crippen LogP contribution is -2.50. The van der Waals surface area contributed by atoms with Crippen molar-refractivity contribution in [1.82, 2.24) is 4.90 Å². The molecule has 3 rings (SSSR count). The summed E-state index contributed by atoms with van der Waals surface area (Å²) in [5.74, 6) is 0.0476. The maximum Gasteiger partial charge on any atom is 0.256 e. The molecule has 4 nitrogen and oxygen atoms in total. The van der Waals surface area contributed by atoms with Crippen LogP contribution in [0, 0.1) is 0 Å². The molecule has 1 amide bonds. The largest absolute Gasteiger partial charge is 0.368 e. The molecule has 0 aromatic heterocycles. The van der Waals surface area contributed by atoms with Crippen LogP contribution in [0.3, 0.4) is 0 Å². The number of para-hydroxylation sites is 1. The molecule has 1 aliphatic rings. The van der Waals surface area contributed by atoms with Crippen molar-refractivity contribution in [3.8, 4) is 0 Å². The Morgan fingerprint density at radius 2 is 1.48 bits per heavy atom. The summed E-state index contributed by atoms with van der Waals surface area (Å²) in [7, 11) is 1.59. The van der Waals surface area contributed by atoms with Gasteiger partial charge in [0, 0.05) is 39.0 Å². The van der Waals surface area contributed by atoms with Gasteiger partial charge >= 0.3 is 0 Å². The van der Waals surface area contributed by atoms with E-state index in [4.69, 9.17) is 4.74 Å². The van der Waals surface area contributed by atoms with Crippen molar-refractivity contribution in [2.45, 2.75) is 6.10 Å². The maximum absolute atomic E-state index is 12.8. The Kier molecular flexibility index (Phi) is 4.93. The van der Waals surface area contributed by atoms with Gasteiger partial charge in [0.2, 0.25) is 0 Å². The fourth-order valence-corrected chi connectivity index (χ4v) is 3.00. The highest BCUT2D eigenvalue weighted by atomic mass is 16.5. The minimum absolute atomic E-state index is 0.0476. The number of hydrogen-bond acceptors (Lipinski definition) is 3. The number of piperazine rings is 1. The predicted molar refractivity (Wildman–Crippen MR) is 91.4 cm³/mol. The highest BCUT2D eigenvalue weighted by molar-refractivity contribution is 5.82. The van der Waals surface area contributed by atoms with Crippen molar-refractivity contribution in [1.29, 1.82) is 0 Å². The van der Waals surface area contributed by atoms with Gasteiger partial charge in [0.15, 0.2) is 6.10 Å². The first-order valence-corrected chi connectivity index (χ1v) is 7.96. The molecule has 0 saturated carbocycles. The number of anilines is 1. The first-order valence-electron chi connectivity index (χ1n) is 7.96. The normalized spacial score (nSPS) is 16.2. The maximum atomic E-state index is 12.8. The predicted octanol–water partition coefficient (Wildman–Crippen LogP) is 2.72. The Hall–Kier alpha value is -2.33. The summed E-state index contributed by atoms with van der Waals surface area (Å²) in [6.45, 7) is 3.14. The van der Waals surface area contributed by atoms with Gasteiger partial charge in [0.1, 0.15) is 0 Å². The van der Waals surface area contributed by atoms with Gasteiger partial charge in [-0.25, -0.2) is 0 Å². The van der Waals surface area contributed by atoms with Crippen molar-refractivity contribution in [3.05, 3.63) is 66.2 Å². The second-order valence-corrected chi connectivity index (χ2v) is 5.67. The van der Waals surface area contributed by atoms with Gasteiger partial charge in [0.25, 0.3) is 5.91 Å². The third-order valence-corrected chi connectivity index (χ3v) is 4.28. The minimum Gasteiger partial charge on any atom is -0.368 e. The summed E-state index contributed by atoms with van der Waals surface area (Å²) >= 11 is 0. The molecule has 4 heteroatoms. The molecule has 1 atom stereocenters. The summed E-state index contributed by atoms with van der Waals surface area (Å²) in [4.78, 5) is 17.0. The minimum atomic E-state index is -0.514. The number of amides is 1. The van der Waals surface area contributed by atoms with Crippen molar-refractivity contribution >= 4 is 11.6 Å². The van der Waals surface area contributed by atoms with Crippen molar-refractivity contribution in [3.63, 3.8) is 0 Å². The molecule has 120 valence electrons. The van der Waals surface area contributed by atoms with Crippen LogP contribution in [0.1, 0.15) is 11.7 Å². The van der Waals surface area contributed by atoms with Crippen LogP contribution in [0.25, 0.3) is 0 Å². The van der Waals surface area contributed by atoms with Crippen LogP contribution in [0.15, 0.2) is 60.7 Å². The lowest BCUT2D eigenvalue weighted by Gasteiger charge is -2.37. The Bertz CT molecular complexity index is 622. The smallest absolute Gasteiger partial charge is 0.256 e. The molecule has 0 N–H and O–H groups in total. The number of carbonyl (C=O) groups is 1. The standard InChI is InChI=1S/C19H22N2O2/c1-23-18(16-8-4-2-5-9-16)19(22)21-14-12-20(13-15-21)17-10-6-3-7-11-17/h2-11,18H,12-15H2,1H3/t18-/m1/s1. The molecule has 2 aromatic rings. The zero-order valence-electron chi connectivity index (χ0n) is 13.4. The number of hydrogen-bond donors (Lipinski definition) is 0. The molecule has 0 spiro atoms. The molecule has 23 heavy (non-hydrogen) atoms. The van der Waals surface area contributed by atoms with Crippen LogP contribution >= 0.6 is 0 Å². The summed E-state index contributed by atoms with van der Waals surface area (Å²) in [6, 6.07) is 20.0. The zero-order chi connectivity index (χ0) is 16.1. The van der Waals surface area contributed by atoms with E-state index in [1.54, 1.807) is 7.11 Å². The topological polar surface area (TPSA) is 32.8 Å². The molecule has 1 saturated heterocycles. The molecule has 2 aromatic carbocycles. The van der Waals surface area contributed by atoms with Crippen LogP contribution in [0.2, 0.25) is 0 Å². The Labute approximate surface area is 137 Å². The Morgan fingerprint density at radius 3 is 2.04 bits per heavy atom. The molecule has 0 aliphatic carbocycles. The van der Waals surface area contributed by atoms with E-state index < -0.39 is 6.10 Å². The molecule has 1 fully saturated rings. The highest BCUT2D eigenvalue weighted by Crippen LogP contribution is 2.21. The number of ether oxygens (including phenoxy) is 1. The number of carbonyl (C=O) groups excluding carboxylic acids is 1. The average molecular weight is 310 g/mol. The number of rotatable bonds is 4. The lowest BCUT2D eigenvalue weighted by atomic mass is 10.1. The molecule has 1 aliphatic heterocycles. The first-order chi connectivity index (χ1) is 11.3. The average Bonchev–Trinajstić information content (AvgIpc) is 2.64. The summed E-state index contributed by atoms with van der Waals surface area (Å²) in [5, 5.41) is 0. The van der Waals surface area contributed by atoms with Crippen molar-refractivity contribution in [2.24, 2.45) is 0 Å². The quantitative estimate of drug-likeness (QED) is 0.870. The van der Waals surface area contributed by atoms with Gasteiger partial charge in [-0.2, -0.15) is 0 Å². The van der Waals surface area contributed by atoms with Crippen LogP contribution in [-0.2, 0) is 9.53 Å². The van der Waals surface area contributed by atoms with Crippen LogP contribution in [0.4, 0.5) is 5.69 Å². The number of benzene rings is 2. The van der Waals surface area contributed by atoms with Gasteiger partial charge in [-0.1, -0.05) is 48.5 Å². The van der Waals surface area contributed by atoms with Gasteiger partial charge in [-0.3, -0.25) is 4.79 Å². The second-order valence-electron chi connectivity index (χ2n) is 5.67. The van der Waals surface area contributed by atoms with Crippen LogP contribution in [-0.4, -0.2) is 44.1 Å². The summed E-state index contributed by atoms with van der Waals surface area (Å²) < 4.78 is 5.46. The van der Waals surface area contributed by atoms with E-state index in [9.17, 15) is 4.79 Å². The molecule has 1 heterocycles. The van der Waals surface area contributed by atoms with Gasteiger partial charge in [-0.15, -0.1) is 0 Å². The molecular weight excluding hydrogens is 288 g/mol. The van der Waals surface area contributed by atoms with E-state index in [0.29, 0.717) is 0 Å². The lowest BCUT2D eigenvalue weighted by molar-refractivity contribution is -0.142. The molecular formula is C19H22N2O2. The van der Waals surface area contributed by atoms with Gasteiger partial charge < -0.3 is 14.5 Å². The number of nitrogens with zero attached hydrogens (tertiary/aromatic N) is 2. The Morgan fingerprint density at radius 1 is 0.913 bits per heavy atom. The van der Waals surface area contributed by atoms with E-state index in [1.807, 2.05) is 53.4 Å². The summed E-state index contributed by atoms with van der Waals surface area (Å²) in [5.41, 5.74) is 2.12. The fraction of sp³-hybridized carbons (Fsp3) is 0.316. The monoisotopic (exact) mass is 310 g/mol. The molecule has 0 radical (unpaired) electrons. The zero-order valence-corrected chi connectivity index (χ0v) is 13.4. The summed E-state index contributed by atoms with van der Waals surface area (Å²) in [6.07, 6.45) is -0.514. The first kappa shape index (κ1) is 15.6. The second kappa shape index (κ2) is 7.29. The Balaban J connectivity index is 1.64. The van der Waals surface area contributed by atoms with E-state index >= 15 is 0 Å². The van der Waals surface area contributed by atoms with E-state index in [0.717, 1.165) is 31.7 Å². The third-order valence-electron chi connectivity index (χ3n) is 4.28. The van der Waals surface area contributed by atoms with Gasteiger partial charge in [0.05, 0.1) is 0 Å². The van der Waals surface area contributed by atoms with E-state index in [1.165, 1.54) is 5.69 Å². The van der Waals surface area contributed by atoms with E-state index in [-0.39, 0.29) is 5.91 Å². The molecule has 0 bridgehead atoms. The fourth-order valence-electron chi connectivity index (χ4n) is 3.00.